The van der Waals surface area contributed by atoms with Crippen molar-refractivity contribution in [1.29, 1.82) is 0 Å². The van der Waals surface area contributed by atoms with Crippen molar-refractivity contribution in [3.8, 4) is 0 Å². The maximum Gasteiger partial charge on any atom is 0.324 e. The second kappa shape index (κ2) is 5.96. The molecule has 1 aliphatic carbocycles. The van der Waals surface area contributed by atoms with Crippen LogP contribution in [0.25, 0.3) is 0 Å². The normalized spacial score (nSPS) is 31.9. The quantitative estimate of drug-likeness (QED) is 0.841. The number of benzene rings is 1. The summed E-state index contributed by atoms with van der Waals surface area (Å²) in [7, 11) is 0. The minimum absolute atomic E-state index is 0.0659. The van der Waals surface area contributed by atoms with Gasteiger partial charge in [-0.3, -0.25) is 10.1 Å². The summed E-state index contributed by atoms with van der Waals surface area (Å²) in [5.74, 6) is 0.388. The second-order valence-electron chi connectivity index (χ2n) is 6.10. The van der Waals surface area contributed by atoms with E-state index in [0.717, 1.165) is 18.4 Å². The van der Waals surface area contributed by atoms with Crippen LogP contribution in [0.4, 0.5) is 0 Å². The number of esters is 1. The standard InChI is InChI=1S/C17H23NO2/c1-12-16(14-10-6-3-7-11-14)20-17(19)15(18-12)13-8-4-2-5-9-13/h3,6-7,10-13,15-16,18H,2,4-5,8-9H2,1H3/t12-,15-,16-/m1/s1. The van der Waals surface area contributed by atoms with Gasteiger partial charge in [0.2, 0.25) is 0 Å². The van der Waals surface area contributed by atoms with E-state index in [1.165, 1.54) is 19.3 Å². The highest BCUT2D eigenvalue weighted by Gasteiger charge is 2.39. The van der Waals surface area contributed by atoms with E-state index in [9.17, 15) is 4.79 Å². The third-order valence-corrected chi connectivity index (χ3v) is 4.64. The van der Waals surface area contributed by atoms with Crippen molar-refractivity contribution in [1.82, 2.24) is 5.32 Å². The molecule has 2 aliphatic rings. The molecule has 0 spiro atoms. The molecule has 1 saturated heterocycles. The van der Waals surface area contributed by atoms with E-state index in [-0.39, 0.29) is 24.2 Å². The Kier molecular flexibility index (Phi) is 4.06. The van der Waals surface area contributed by atoms with Crippen molar-refractivity contribution in [2.24, 2.45) is 5.92 Å². The lowest BCUT2D eigenvalue weighted by molar-refractivity contribution is -0.162. The van der Waals surface area contributed by atoms with Crippen LogP contribution in [-0.4, -0.2) is 18.1 Å². The van der Waals surface area contributed by atoms with Crippen molar-refractivity contribution in [3.63, 3.8) is 0 Å². The Bertz CT molecular complexity index is 453. The van der Waals surface area contributed by atoms with Crippen LogP contribution in [0.3, 0.4) is 0 Å². The Morgan fingerprint density at radius 2 is 1.80 bits per heavy atom. The Morgan fingerprint density at radius 3 is 2.50 bits per heavy atom. The van der Waals surface area contributed by atoms with Gasteiger partial charge in [0.05, 0.1) is 0 Å². The van der Waals surface area contributed by atoms with Gasteiger partial charge in [-0.05, 0) is 31.2 Å². The molecule has 0 radical (unpaired) electrons. The number of carbonyl (C=O) groups is 1. The Balaban J connectivity index is 1.71. The van der Waals surface area contributed by atoms with Crippen LogP contribution in [-0.2, 0) is 9.53 Å². The van der Waals surface area contributed by atoms with Crippen molar-refractivity contribution in [2.75, 3.05) is 0 Å². The molecular weight excluding hydrogens is 250 g/mol. The Morgan fingerprint density at radius 1 is 1.10 bits per heavy atom. The maximum absolute atomic E-state index is 12.3. The molecule has 1 N–H and O–H groups in total. The summed E-state index contributed by atoms with van der Waals surface area (Å²) in [5, 5.41) is 3.51. The van der Waals surface area contributed by atoms with Crippen molar-refractivity contribution >= 4 is 5.97 Å². The molecule has 3 heteroatoms. The zero-order valence-corrected chi connectivity index (χ0v) is 12.0. The summed E-state index contributed by atoms with van der Waals surface area (Å²) < 4.78 is 5.75. The number of hydrogen-bond donors (Lipinski definition) is 1. The molecule has 3 rings (SSSR count). The van der Waals surface area contributed by atoms with Gasteiger partial charge < -0.3 is 4.74 Å². The zero-order chi connectivity index (χ0) is 13.9. The van der Waals surface area contributed by atoms with Gasteiger partial charge in [0.15, 0.2) is 0 Å². The smallest absolute Gasteiger partial charge is 0.324 e. The van der Waals surface area contributed by atoms with Crippen molar-refractivity contribution < 1.29 is 9.53 Å². The van der Waals surface area contributed by atoms with Gasteiger partial charge in [0, 0.05) is 6.04 Å². The maximum atomic E-state index is 12.3. The Labute approximate surface area is 120 Å². The summed E-state index contributed by atoms with van der Waals surface area (Å²) >= 11 is 0. The lowest BCUT2D eigenvalue weighted by Crippen LogP contribution is -2.55. The van der Waals surface area contributed by atoms with Crippen LogP contribution >= 0.6 is 0 Å². The topological polar surface area (TPSA) is 38.3 Å². The van der Waals surface area contributed by atoms with E-state index < -0.39 is 0 Å². The molecule has 20 heavy (non-hydrogen) atoms. The van der Waals surface area contributed by atoms with E-state index in [2.05, 4.69) is 12.2 Å². The van der Waals surface area contributed by atoms with Gasteiger partial charge in [-0.25, -0.2) is 0 Å². The summed E-state index contributed by atoms with van der Waals surface area (Å²) in [4.78, 5) is 12.3. The molecule has 0 bridgehead atoms. The van der Waals surface area contributed by atoms with Crippen molar-refractivity contribution in [3.05, 3.63) is 35.9 Å². The van der Waals surface area contributed by atoms with Gasteiger partial charge >= 0.3 is 5.97 Å². The van der Waals surface area contributed by atoms with Gasteiger partial charge in [-0.2, -0.15) is 0 Å². The SMILES string of the molecule is C[C@H]1N[C@H](C2CCCCC2)C(=O)O[C@H]1c1ccccc1. The van der Waals surface area contributed by atoms with Crippen LogP contribution in [0.2, 0.25) is 0 Å². The largest absolute Gasteiger partial charge is 0.455 e. The van der Waals surface area contributed by atoms with E-state index >= 15 is 0 Å². The average Bonchev–Trinajstić information content (AvgIpc) is 2.51. The molecule has 0 aromatic heterocycles. The first-order valence-corrected chi connectivity index (χ1v) is 7.77. The molecule has 2 fully saturated rings. The van der Waals surface area contributed by atoms with E-state index in [1.54, 1.807) is 0 Å². The monoisotopic (exact) mass is 273 g/mol. The summed E-state index contributed by atoms with van der Waals surface area (Å²) in [6.45, 7) is 2.11. The third kappa shape index (κ3) is 2.73. The molecular formula is C17H23NO2. The molecule has 108 valence electrons. The van der Waals surface area contributed by atoms with Gasteiger partial charge in [0.25, 0.3) is 0 Å². The molecule has 1 aromatic rings. The van der Waals surface area contributed by atoms with Crippen LogP contribution in [0.5, 0.6) is 0 Å². The molecule has 0 unspecified atom stereocenters. The minimum atomic E-state index is -0.163. The van der Waals surface area contributed by atoms with Crippen LogP contribution < -0.4 is 5.32 Å². The predicted octanol–water partition coefficient (Wildman–Crippen LogP) is 3.21. The van der Waals surface area contributed by atoms with E-state index in [0.29, 0.717) is 5.92 Å². The highest BCUT2D eigenvalue weighted by molar-refractivity contribution is 5.77. The molecule has 0 amide bonds. The molecule has 1 aromatic carbocycles. The summed E-state index contributed by atoms with van der Waals surface area (Å²) in [6.07, 6.45) is 5.92. The van der Waals surface area contributed by atoms with Gasteiger partial charge in [-0.1, -0.05) is 49.6 Å². The number of carbonyl (C=O) groups excluding carboxylic acids is 1. The summed E-state index contributed by atoms with van der Waals surface area (Å²) in [5.41, 5.74) is 1.07. The van der Waals surface area contributed by atoms with E-state index in [4.69, 9.17) is 4.74 Å². The first kappa shape index (κ1) is 13.6. The molecule has 1 saturated carbocycles. The highest BCUT2D eigenvalue weighted by atomic mass is 16.5. The number of rotatable bonds is 2. The predicted molar refractivity (Wildman–Crippen MR) is 78.2 cm³/mol. The molecule has 1 heterocycles. The number of morpholine rings is 1. The highest BCUT2D eigenvalue weighted by Crippen LogP contribution is 2.32. The first-order valence-electron chi connectivity index (χ1n) is 7.77. The lowest BCUT2D eigenvalue weighted by Gasteiger charge is -2.39. The summed E-state index contributed by atoms with van der Waals surface area (Å²) in [6, 6.07) is 10.1. The lowest BCUT2D eigenvalue weighted by atomic mass is 9.82. The average molecular weight is 273 g/mol. The number of ether oxygens (including phenoxy) is 1. The number of nitrogens with one attached hydrogen (secondary N) is 1. The van der Waals surface area contributed by atoms with Crippen LogP contribution in [0.15, 0.2) is 30.3 Å². The van der Waals surface area contributed by atoms with E-state index in [1.807, 2.05) is 30.3 Å². The van der Waals surface area contributed by atoms with Crippen LogP contribution in [0.1, 0.15) is 50.7 Å². The fourth-order valence-corrected chi connectivity index (χ4v) is 3.53. The molecule has 3 nitrogen and oxygen atoms in total. The number of cyclic esters (lactones) is 1. The zero-order valence-electron chi connectivity index (χ0n) is 12.0. The van der Waals surface area contributed by atoms with Crippen LogP contribution in [0, 0.1) is 5.92 Å². The van der Waals surface area contributed by atoms with Gasteiger partial charge in [-0.15, -0.1) is 0 Å². The van der Waals surface area contributed by atoms with Crippen molar-refractivity contribution in [2.45, 2.75) is 57.2 Å². The third-order valence-electron chi connectivity index (χ3n) is 4.64. The second-order valence-corrected chi connectivity index (χ2v) is 6.10. The fourth-order valence-electron chi connectivity index (χ4n) is 3.53. The molecule has 3 atom stereocenters. The molecule has 1 aliphatic heterocycles. The first-order chi connectivity index (χ1) is 9.75. The van der Waals surface area contributed by atoms with Gasteiger partial charge in [0.1, 0.15) is 12.1 Å². The fraction of sp³-hybridized carbons (Fsp3) is 0.588. The Hall–Kier alpha value is -1.35. The number of hydrogen-bond acceptors (Lipinski definition) is 3. The minimum Gasteiger partial charge on any atom is -0.455 e.